The number of ether oxygens (including phenoxy) is 1. The van der Waals surface area contributed by atoms with Gasteiger partial charge in [-0.3, -0.25) is 4.79 Å². The van der Waals surface area contributed by atoms with Gasteiger partial charge in [-0.1, -0.05) is 23.7 Å². The average Bonchev–Trinajstić information content (AvgIpc) is 2.67. The van der Waals surface area contributed by atoms with Crippen molar-refractivity contribution in [3.63, 3.8) is 0 Å². The number of amides is 1. The number of halogens is 1. The Morgan fingerprint density at radius 1 is 1.08 bits per heavy atom. The van der Waals surface area contributed by atoms with E-state index in [9.17, 15) is 4.79 Å². The van der Waals surface area contributed by atoms with E-state index in [1.54, 1.807) is 12.1 Å². The second-order valence-corrected chi connectivity index (χ2v) is 7.17. The van der Waals surface area contributed by atoms with Gasteiger partial charge in [0.25, 0.3) is 5.91 Å². The first kappa shape index (κ1) is 17.2. The summed E-state index contributed by atoms with van der Waals surface area (Å²) in [5, 5.41) is 7.54. The Bertz CT molecular complexity index is 788. The molecular formula is C20H22ClN3O2. The van der Waals surface area contributed by atoms with Crippen LogP contribution in [0.5, 0.6) is 5.75 Å². The van der Waals surface area contributed by atoms with Crippen molar-refractivity contribution in [2.75, 3.05) is 36.5 Å². The third kappa shape index (κ3) is 3.24. The zero-order chi connectivity index (χ0) is 18.0. The SMILES string of the molecule is O=C1N(CCOc2ccc(Cl)cc2)c2ccccc2NC12CCNCC2. The van der Waals surface area contributed by atoms with Gasteiger partial charge in [-0.05, 0) is 62.3 Å². The van der Waals surface area contributed by atoms with Crippen LogP contribution in [0, 0.1) is 0 Å². The van der Waals surface area contributed by atoms with Crippen LogP contribution >= 0.6 is 11.6 Å². The van der Waals surface area contributed by atoms with Gasteiger partial charge in [0.05, 0.1) is 17.9 Å². The van der Waals surface area contributed by atoms with Crippen LogP contribution in [0.3, 0.4) is 0 Å². The van der Waals surface area contributed by atoms with Gasteiger partial charge in [0.2, 0.25) is 0 Å². The molecule has 0 bridgehead atoms. The van der Waals surface area contributed by atoms with Crippen molar-refractivity contribution >= 4 is 28.9 Å². The second-order valence-electron chi connectivity index (χ2n) is 6.73. The summed E-state index contributed by atoms with van der Waals surface area (Å²) in [7, 11) is 0. The summed E-state index contributed by atoms with van der Waals surface area (Å²) in [5.41, 5.74) is 1.42. The number of para-hydroxylation sites is 2. The van der Waals surface area contributed by atoms with Gasteiger partial charge in [0.15, 0.2) is 0 Å². The van der Waals surface area contributed by atoms with Crippen molar-refractivity contribution in [3.05, 3.63) is 53.6 Å². The molecule has 5 nitrogen and oxygen atoms in total. The number of rotatable bonds is 4. The lowest BCUT2D eigenvalue weighted by Gasteiger charge is -2.45. The van der Waals surface area contributed by atoms with Crippen LogP contribution in [0.1, 0.15) is 12.8 Å². The van der Waals surface area contributed by atoms with Gasteiger partial charge in [-0.15, -0.1) is 0 Å². The van der Waals surface area contributed by atoms with E-state index in [2.05, 4.69) is 10.6 Å². The average molecular weight is 372 g/mol. The smallest absolute Gasteiger partial charge is 0.252 e. The highest BCUT2D eigenvalue weighted by Gasteiger charge is 2.46. The molecule has 2 heterocycles. The van der Waals surface area contributed by atoms with Crippen molar-refractivity contribution in [1.82, 2.24) is 5.32 Å². The molecule has 1 amide bonds. The normalized spacial score (nSPS) is 18.3. The molecule has 136 valence electrons. The number of nitrogens with one attached hydrogen (secondary N) is 2. The highest BCUT2D eigenvalue weighted by molar-refractivity contribution is 6.30. The summed E-state index contributed by atoms with van der Waals surface area (Å²) in [6.07, 6.45) is 1.57. The van der Waals surface area contributed by atoms with E-state index in [0.717, 1.165) is 43.1 Å². The largest absolute Gasteiger partial charge is 0.492 e. The number of carbonyl (C=O) groups excluding carboxylic acids is 1. The van der Waals surface area contributed by atoms with Crippen LogP contribution in [0.4, 0.5) is 11.4 Å². The van der Waals surface area contributed by atoms with Gasteiger partial charge in [0.1, 0.15) is 17.9 Å². The fraction of sp³-hybridized carbons (Fsp3) is 0.350. The van der Waals surface area contributed by atoms with E-state index in [0.29, 0.717) is 18.2 Å². The van der Waals surface area contributed by atoms with Gasteiger partial charge in [-0.2, -0.15) is 0 Å². The van der Waals surface area contributed by atoms with Gasteiger partial charge < -0.3 is 20.3 Å². The molecule has 1 saturated heterocycles. The van der Waals surface area contributed by atoms with Crippen molar-refractivity contribution in [1.29, 1.82) is 0 Å². The Hall–Kier alpha value is -2.24. The minimum Gasteiger partial charge on any atom is -0.492 e. The quantitative estimate of drug-likeness (QED) is 0.865. The summed E-state index contributed by atoms with van der Waals surface area (Å²) in [6.45, 7) is 2.62. The fourth-order valence-electron chi connectivity index (χ4n) is 3.69. The Kier molecular flexibility index (Phi) is 4.74. The first-order chi connectivity index (χ1) is 12.7. The third-order valence-electron chi connectivity index (χ3n) is 5.08. The molecule has 1 spiro atoms. The van der Waals surface area contributed by atoms with Crippen molar-refractivity contribution in [3.8, 4) is 5.75 Å². The lowest BCUT2D eigenvalue weighted by molar-refractivity contribution is -0.124. The number of hydrogen-bond donors (Lipinski definition) is 2. The Labute approximate surface area is 158 Å². The molecule has 0 aliphatic carbocycles. The molecule has 2 aromatic carbocycles. The van der Waals surface area contributed by atoms with E-state index in [4.69, 9.17) is 16.3 Å². The minimum absolute atomic E-state index is 0.136. The molecule has 26 heavy (non-hydrogen) atoms. The predicted octanol–water partition coefficient (Wildman–Crippen LogP) is 3.30. The Morgan fingerprint density at radius 3 is 2.58 bits per heavy atom. The molecule has 2 N–H and O–H groups in total. The maximum Gasteiger partial charge on any atom is 0.252 e. The van der Waals surface area contributed by atoms with Crippen molar-refractivity contribution < 1.29 is 9.53 Å². The van der Waals surface area contributed by atoms with Crippen LogP contribution in [0.25, 0.3) is 0 Å². The van der Waals surface area contributed by atoms with Gasteiger partial charge in [0, 0.05) is 5.02 Å². The minimum atomic E-state index is -0.514. The number of anilines is 2. The van der Waals surface area contributed by atoms with Crippen LogP contribution in [-0.2, 0) is 4.79 Å². The molecule has 0 saturated carbocycles. The number of benzene rings is 2. The predicted molar refractivity (Wildman–Crippen MR) is 104 cm³/mol. The van der Waals surface area contributed by atoms with Crippen molar-refractivity contribution in [2.45, 2.75) is 18.4 Å². The van der Waals surface area contributed by atoms with Gasteiger partial charge >= 0.3 is 0 Å². The zero-order valence-corrected chi connectivity index (χ0v) is 15.3. The maximum atomic E-state index is 13.3. The van der Waals surface area contributed by atoms with Crippen LogP contribution in [-0.4, -0.2) is 37.7 Å². The number of hydrogen-bond acceptors (Lipinski definition) is 4. The summed E-state index contributed by atoms with van der Waals surface area (Å²) in [5.74, 6) is 0.888. The molecule has 1 fully saturated rings. The lowest BCUT2D eigenvalue weighted by Crippen LogP contribution is -2.61. The second kappa shape index (κ2) is 7.17. The maximum absolute atomic E-state index is 13.3. The van der Waals surface area contributed by atoms with E-state index >= 15 is 0 Å². The standard InChI is InChI=1S/C20H22ClN3O2/c21-15-5-7-16(8-6-15)26-14-13-24-18-4-2-1-3-17(18)23-20(19(24)25)9-11-22-12-10-20/h1-8,22-23H,9-14H2. The molecule has 2 aliphatic heterocycles. The fourth-order valence-corrected chi connectivity index (χ4v) is 3.82. The Morgan fingerprint density at radius 2 is 1.81 bits per heavy atom. The number of fused-ring (bicyclic) bond motifs is 1. The van der Waals surface area contributed by atoms with Crippen LogP contribution < -0.4 is 20.3 Å². The first-order valence-corrected chi connectivity index (χ1v) is 9.34. The van der Waals surface area contributed by atoms with E-state index in [1.807, 2.05) is 41.3 Å². The molecule has 2 aromatic rings. The summed E-state index contributed by atoms with van der Waals surface area (Å²) in [4.78, 5) is 15.2. The third-order valence-corrected chi connectivity index (χ3v) is 5.33. The van der Waals surface area contributed by atoms with Crippen molar-refractivity contribution in [2.24, 2.45) is 0 Å². The molecule has 0 aromatic heterocycles. The summed E-state index contributed by atoms with van der Waals surface area (Å²) < 4.78 is 5.82. The van der Waals surface area contributed by atoms with E-state index < -0.39 is 5.54 Å². The molecule has 2 aliphatic rings. The van der Waals surface area contributed by atoms with Crippen LogP contribution in [0.15, 0.2) is 48.5 Å². The molecule has 0 unspecified atom stereocenters. The highest BCUT2D eigenvalue weighted by atomic mass is 35.5. The molecule has 0 atom stereocenters. The topological polar surface area (TPSA) is 53.6 Å². The summed E-state index contributed by atoms with van der Waals surface area (Å²) >= 11 is 5.90. The number of carbonyl (C=O) groups is 1. The molecular weight excluding hydrogens is 350 g/mol. The molecule has 6 heteroatoms. The Balaban J connectivity index is 1.53. The first-order valence-electron chi connectivity index (χ1n) is 8.96. The zero-order valence-electron chi connectivity index (χ0n) is 14.5. The molecule has 4 rings (SSSR count). The number of piperidine rings is 1. The summed E-state index contributed by atoms with van der Waals surface area (Å²) in [6, 6.07) is 15.3. The lowest BCUT2D eigenvalue weighted by atomic mass is 9.84. The molecule has 0 radical (unpaired) electrons. The van der Waals surface area contributed by atoms with Gasteiger partial charge in [-0.25, -0.2) is 0 Å². The van der Waals surface area contributed by atoms with E-state index in [-0.39, 0.29) is 5.91 Å². The number of nitrogens with zero attached hydrogens (tertiary/aromatic N) is 1. The van der Waals surface area contributed by atoms with E-state index in [1.165, 1.54) is 0 Å². The monoisotopic (exact) mass is 371 g/mol. The van der Waals surface area contributed by atoms with Crippen LogP contribution in [0.2, 0.25) is 5.02 Å². The highest BCUT2D eigenvalue weighted by Crippen LogP contribution is 2.38.